The molecule has 9 heteroatoms. The Morgan fingerprint density at radius 3 is 2.60 bits per heavy atom. The Hall–Kier alpha value is -2.16. The lowest BCUT2D eigenvalue weighted by Gasteiger charge is -2.12. The first-order valence-electron chi connectivity index (χ1n) is 8.02. The second-order valence-corrected chi connectivity index (χ2v) is 7.02. The van der Waals surface area contributed by atoms with E-state index in [1.807, 2.05) is 25.1 Å². The van der Waals surface area contributed by atoms with E-state index in [-0.39, 0.29) is 5.91 Å². The van der Waals surface area contributed by atoms with Crippen LogP contribution in [0, 0.1) is 0 Å². The van der Waals surface area contributed by atoms with Gasteiger partial charge in [-0.15, -0.1) is 22.0 Å². The number of hydrogen-bond donors (Lipinski definition) is 1. The van der Waals surface area contributed by atoms with Gasteiger partial charge in [-0.1, -0.05) is 6.07 Å². The summed E-state index contributed by atoms with van der Waals surface area (Å²) in [5.74, 6) is 2.21. The minimum Gasteiger partial charge on any atom is -0.493 e. The number of rotatable bonds is 10. The van der Waals surface area contributed by atoms with E-state index >= 15 is 0 Å². The van der Waals surface area contributed by atoms with Crippen LogP contribution in [-0.2, 0) is 11.2 Å². The van der Waals surface area contributed by atoms with Gasteiger partial charge in [0.1, 0.15) is 0 Å². The van der Waals surface area contributed by atoms with E-state index < -0.39 is 4.99 Å². The minimum atomic E-state index is -0.621. The quantitative estimate of drug-likeness (QED) is 0.643. The van der Waals surface area contributed by atoms with Crippen molar-refractivity contribution in [3.8, 4) is 11.5 Å². The molecule has 136 valence electrons. The number of benzene rings is 1. The van der Waals surface area contributed by atoms with E-state index in [4.69, 9.17) is 9.47 Å². The van der Waals surface area contributed by atoms with Gasteiger partial charge in [0.05, 0.1) is 14.2 Å². The normalized spacial score (nSPS) is 14.5. The lowest BCUT2D eigenvalue weighted by Crippen LogP contribution is -2.25. The molecule has 0 atom stereocenters. The highest BCUT2D eigenvalue weighted by atomic mass is 32.2. The van der Waals surface area contributed by atoms with E-state index in [1.54, 1.807) is 14.2 Å². The third kappa shape index (κ3) is 6.00. The van der Waals surface area contributed by atoms with Gasteiger partial charge in [0, 0.05) is 13.0 Å². The third-order valence-corrected chi connectivity index (χ3v) is 4.81. The van der Waals surface area contributed by atoms with E-state index in [1.165, 1.54) is 11.8 Å². The van der Waals surface area contributed by atoms with Gasteiger partial charge in [0.25, 0.3) is 0 Å². The summed E-state index contributed by atoms with van der Waals surface area (Å²) in [6, 6.07) is 5.76. The summed E-state index contributed by atoms with van der Waals surface area (Å²) < 4.78 is 10.5. The summed E-state index contributed by atoms with van der Waals surface area (Å²) in [4.78, 5) is 11.3. The predicted molar refractivity (Wildman–Crippen MR) is 96.1 cm³/mol. The number of nitrogens with one attached hydrogen (secondary N) is 1. The van der Waals surface area contributed by atoms with Crippen molar-refractivity contribution in [3.05, 3.63) is 23.8 Å². The van der Waals surface area contributed by atoms with E-state index in [0.717, 1.165) is 24.2 Å². The fourth-order valence-corrected chi connectivity index (χ4v) is 3.12. The molecule has 0 radical (unpaired) electrons. The molecule has 0 saturated heterocycles. The first-order valence-corrected chi connectivity index (χ1v) is 9.00. The molecule has 0 unspecified atom stereocenters. The van der Waals surface area contributed by atoms with Crippen LogP contribution in [0.15, 0.2) is 38.9 Å². The van der Waals surface area contributed by atoms with E-state index in [2.05, 4.69) is 26.0 Å². The van der Waals surface area contributed by atoms with Crippen LogP contribution in [0.2, 0.25) is 0 Å². The summed E-state index contributed by atoms with van der Waals surface area (Å²) in [5, 5.41) is 17.8. The Labute approximate surface area is 151 Å². The van der Waals surface area contributed by atoms with E-state index in [0.29, 0.717) is 24.5 Å². The second-order valence-electron chi connectivity index (χ2n) is 5.55. The van der Waals surface area contributed by atoms with Crippen molar-refractivity contribution in [3.63, 3.8) is 0 Å². The molecule has 1 aromatic rings. The predicted octanol–water partition coefficient (Wildman–Crippen LogP) is 3.38. The number of thioether (sulfide) groups is 1. The van der Waals surface area contributed by atoms with Crippen LogP contribution in [0.4, 0.5) is 0 Å². The van der Waals surface area contributed by atoms with Crippen LogP contribution in [0.5, 0.6) is 11.5 Å². The maximum Gasteiger partial charge on any atom is 0.237 e. The fraction of sp³-hybridized carbons (Fsp3) is 0.562. The second kappa shape index (κ2) is 9.36. The van der Waals surface area contributed by atoms with Crippen LogP contribution < -0.4 is 14.8 Å². The zero-order chi connectivity index (χ0) is 18.1. The van der Waals surface area contributed by atoms with Gasteiger partial charge in [0.2, 0.25) is 10.9 Å². The van der Waals surface area contributed by atoms with Gasteiger partial charge in [0.15, 0.2) is 11.5 Å². The van der Waals surface area contributed by atoms with E-state index in [9.17, 15) is 4.79 Å². The van der Waals surface area contributed by atoms with Crippen LogP contribution in [-0.4, -0.2) is 37.4 Å². The lowest BCUT2D eigenvalue weighted by molar-refractivity contribution is -0.121. The Balaban J connectivity index is 1.63. The molecule has 0 aliphatic carbocycles. The van der Waals surface area contributed by atoms with Crippen molar-refractivity contribution in [1.82, 2.24) is 5.32 Å². The molecule has 1 aliphatic rings. The number of nitrogens with zero attached hydrogens (tertiary/aromatic N) is 4. The molecule has 1 amide bonds. The van der Waals surface area contributed by atoms with Crippen LogP contribution >= 0.6 is 11.8 Å². The third-order valence-electron chi connectivity index (χ3n) is 3.61. The van der Waals surface area contributed by atoms with Crippen molar-refractivity contribution in [2.75, 3.05) is 26.5 Å². The average molecular weight is 365 g/mol. The number of carbonyl (C=O) groups is 1. The molecule has 25 heavy (non-hydrogen) atoms. The first-order chi connectivity index (χ1) is 12.1. The highest BCUT2D eigenvalue weighted by molar-refractivity contribution is 8.00. The molecule has 0 bridgehead atoms. The number of ether oxygens (including phenoxy) is 2. The molecule has 0 aromatic heterocycles. The first kappa shape index (κ1) is 19.2. The highest BCUT2D eigenvalue weighted by Crippen LogP contribution is 2.32. The molecule has 1 N–H and O–H groups in total. The minimum absolute atomic E-state index is 0.0425. The standard InChI is InChI=1S/C16H23N5O3S/c1-16(18-20-21-19-16)25-10-4-5-15(22)17-9-8-12-6-7-13(23-2)14(11-12)24-3/h6-7,11H,4-5,8-10H2,1-3H3,(H,17,22). The number of methoxy groups -OCH3 is 2. The summed E-state index contributed by atoms with van der Waals surface area (Å²) in [6.45, 7) is 2.43. The van der Waals surface area contributed by atoms with Crippen molar-refractivity contribution in [1.29, 1.82) is 0 Å². The molecule has 2 rings (SSSR count). The number of hydrogen-bond acceptors (Lipinski definition) is 8. The SMILES string of the molecule is COc1ccc(CCNC(=O)CCCSC2(C)N=NN=N2)cc1OC. The summed E-state index contributed by atoms with van der Waals surface area (Å²) >= 11 is 1.53. The molecule has 0 saturated carbocycles. The van der Waals surface area contributed by atoms with Crippen molar-refractivity contribution in [2.45, 2.75) is 31.2 Å². The molecule has 1 aliphatic heterocycles. The largest absolute Gasteiger partial charge is 0.493 e. The molecular weight excluding hydrogens is 342 g/mol. The van der Waals surface area contributed by atoms with Gasteiger partial charge in [-0.25, -0.2) is 0 Å². The fourth-order valence-electron chi connectivity index (χ4n) is 2.25. The Morgan fingerprint density at radius 2 is 1.92 bits per heavy atom. The van der Waals surface area contributed by atoms with Crippen LogP contribution in [0.3, 0.4) is 0 Å². The Bertz CT molecular complexity index is 639. The van der Waals surface area contributed by atoms with Gasteiger partial charge >= 0.3 is 0 Å². The number of amides is 1. The van der Waals surface area contributed by atoms with Crippen molar-refractivity contribution in [2.24, 2.45) is 20.7 Å². The molecule has 1 heterocycles. The lowest BCUT2D eigenvalue weighted by atomic mass is 10.1. The Kier molecular flexibility index (Phi) is 7.17. The molecule has 1 aromatic carbocycles. The summed E-state index contributed by atoms with van der Waals surface area (Å²) in [7, 11) is 3.21. The average Bonchev–Trinajstić information content (AvgIpc) is 3.05. The monoisotopic (exact) mass is 365 g/mol. The van der Waals surface area contributed by atoms with Crippen molar-refractivity contribution >= 4 is 17.7 Å². The van der Waals surface area contributed by atoms with Crippen LogP contribution in [0.1, 0.15) is 25.3 Å². The maximum absolute atomic E-state index is 11.9. The topological polar surface area (TPSA) is 97.0 Å². The zero-order valence-corrected chi connectivity index (χ0v) is 15.5. The van der Waals surface area contributed by atoms with Crippen LogP contribution in [0.25, 0.3) is 0 Å². The van der Waals surface area contributed by atoms with Gasteiger partial charge in [-0.3, -0.25) is 4.79 Å². The summed E-state index contributed by atoms with van der Waals surface area (Å²) in [6.07, 6.45) is 1.97. The maximum atomic E-state index is 11.9. The smallest absolute Gasteiger partial charge is 0.237 e. The Morgan fingerprint density at radius 1 is 1.20 bits per heavy atom. The summed E-state index contributed by atoms with van der Waals surface area (Å²) in [5.41, 5.74) is 1.08. The van der Waals surface area contributed by atoms with Gasteiger partial charge in [-0.2, -0.15) is 0 Å². The molecule has 0 spiro atoms. The molecule has 8 nitrogen and oxygen atoms in total. The number of carbonyl (C=O) groups excluding carboxylic acids is 1. The van der Waals surface area contributed by atoms with Gasteiger partial charge in [-0.05, 0) is 53.7 Å². The molecule has 0 fully saturated rings. The van der Waals surface area contributed by atoms with Crippen molar-refractivity contribution < 1.29 is 14.3 Å². The zero-order valence-electron chi connectivity index (χ0n) is 14.7. The van der Waals surface area contributed by atoms with Gasteiger partial charge < -0.3 is 14.8 Å². The highest BCUT2D eigenvalue weighted by Gasteiger charge is 2.26. The molecular formula is C16H23N5O3S.